The molecule has 4 aliphatic rings. The Morgan fingerprint density at radius 3 is 1.79 bits per heavy atom. The first kappa shape index (κ1) is 48.2. The summed E-state index contributed by atoms with van der Waals surface area (Å²) in [4.78, 5) is 48.1. The van der Waals surface area contributed by atoms with E-state index in [9.17, 15) is 49.1 Å². The standard InChI is InChI=1S/C47H56F6N8O5S/c1-28(2)67(65,66)60-20-9-15-40-36(27-60)42(57-55-40)45(64)61-23-18-31(34-11-5-7-13-38(34)47(51,52)53)25-32(61)24-29(3)43(62)59-19-8-14-39-35(26-59)41(56-54-39)44(63)58-21-16-30(17-22-58)33-10-4-6-12-37(33)46(48,49)50/h4-7,10-13,28-32H,8-9,14-27H2,1-3H3,(H,54,56)(H,55,57). The van der Waals surface area contributed by atoms with Crippen LogP contribution < -0.4 is 0 Å². The van der Waals surface area contributed by atoms with Crippen molar-refractivity contribution >= 4 is 27.7 Å². The third-order valence-corrected chi connectivity index (χ3v) is 16.4. The maximum Gasteiger partial charge on any atom is 0.416 e. The number of hydrogen-bond acceptors (Lipinski definition) is 7. The maximum atomic E-state index is 14.7. The zero-order valence-corrected chi connectivity index (χ0v) is 38.5. The Morgan fingerprint density at radius 2 is 1.21 bits per heavy atom. The van der Waals surface area contributed by atoms with Crippen LogP contribution in [0.3, 0.4) is 0 Å². The Bertz CT molecular complexity index is 2580. The monoisotopic (exact) mass is 958 g/mol. The molecule has 2 N–H and O–H groups in total. The van der Waals surface area contributed by atoms with Crippen LogP contribution >= 0.6 is 0 Å². The summed E-state index contributed by atoms with van der Waals surface area (Å²) in [5, 5.41) is 14.0. The highest BCUT2D eigenvalue weighted by molar-refractivity contribution is 7.89. The van der Waals surface area contributed by atoms with Crippen LogP contribution in [0.4, 0.5) is 26.3 Å². The van der Waals surface area contributed by atoms with E-state index in [0.717, 1.165) is 12.1 Å². The van der Waals surface area contributed by atoms with Crippen LogP contribution in [-0.4, -0.2) is 110 Å². The van der Waals surface area contributed by atoms with E-state index in [2.05, 4.69) is 20.4 Å². The molecule has 2 aromatic heterocycles. The fraction of sp³-hybridized carbons (Fsp3) is 0.553. The predicted octanol–water partition coefficient (Wildman–Crippen LogP) is 8.07. The second-order valence-corrected chi connectivity index (χ2v) is 21.2. The first-order chi connectivity index (χ1) is 31.7. The molecule has 3 amide bonds. The molecule has 0 spiro atoms. The molecule has 0 aliphatic carbocycles. The van der Waals surface area contributed by atoms with Crippen LogP contribution in [0.15, 0.2) is 48.5 Å². The molecular formula is C47H56F6N8O5S. The number of H-pyrrole nitrogens is 2. The van der Waals surface area contributed by atoms with Crippen LogP contribution in [0.2, 0.25) is 0 Å². The number of alkyl halides is 6. The lowest BCUT2D eigenvalue weighted by atomic mass is 9.80. The van der Waals surface area contributed by atoms with E-state index in [1.165, 1.54) is 28.6 Å². The Hall–Kier alpha value is -5.24. The number of rotatable bonds is 9. The summed E-state index contributed by atoms with van der Waals surface area (Å²) >= 11 is 0. The van der Waals surface area contributed by atoms with Crippen molar-refractivity contribution in [2.75, 3.05) is 32.7 Å². The van der Waals surface area contributed by atoms with Crippen LogP contribution in [0.25, 0.3) is 0 Å². The molecule has 2 saturated heterocycles. The van der Waals surface area contributed by atoms with Gasteiger partial charge in [0.25, 0.3) is 11.8 Å². The van der Waals surface area contributed by atoms with Crippen molar-refractivity contribution in [3.63, 3.8) is 0 Å². The van der Waals surface area contributed by atoms with Crippen molar-refractivity contribution in [3.05, 3.63) is 105 Å². The number of benzene rings is 2. The summed E-state index contributed by atoms with van der Waals surface area (Å²) < 4.78 is 113. The molecule has 4 aromatic rings. The normalized spacial score (nSPS) is 20.8. The summed E-state index contributed by atoms with van der Waals surface area (Å²) in [6, 6.07) is 10.2. The molecule has 3 atom stereocenters. The number of nitrogens with one attached hydrogen (secondary N) is 2. The fourth-order valence-corrected chi connectivity index (χ4v) is 11.9. The van der Waals surface area contributed by atoms with E-state index in [4.69, 9.17) is 0 Å². The summed E-state index contributed by atoms with van der Waals surface area (Å²) in [5.41, 5.74) is 1.45. The Morgan fingerprint density at radius 1 is 0.687 bits per heavy atom. The topological polar surface area (TPSA) is 156 Å². The van der Waals surface area contributed by atoms with Crippen molar-refractivity contribution in [1.82, 2.24) is 39.4 Å². The number of aryl methyl sites for hydroxylation is 2. The van der Waals surface area contributed by atoms with E-state index < -0.39 is 62.5 Å². The number of fused-ring (bicyclic) bond motifs is 2. The Kier molecular flexibility index (Phi) is 13.7. The van der Waals surface area contributed by atoms with E-state index in [-0.39, 0.29) is 98.8 Å². The van der Waals surface area contributed by atoms with Gasteiger partial charge < -0.3 is 14.7 Å². The Balaban J connectivity index is 1.01. The molecule has 2 aromatic carbocycles. The molecule has 0 radical (unpaired) electrons. The number of carbonyl (C=O) groups is 3. The quantitative estimate of drug-likeness (QED) is 0.161. The van der Waals surface area contributed by atoms with Gasteiger partial charge in [-0.25, -0.2) is 8.42 Å². The second-order valence-electron chi connectivity index (χ2n) is 18.7. The van der Waals surface area contributed by atoms with Gasteiger partial charge in [0.05, 0.1) is 16.4 Å². The summed E-state index contributed by atoms with van der Waals surface area (Å²) in [7, 11) is -3.69. The third kappa shape index (κ3) is 9.87. The number of carbonyl (C=O) groups excluding carboxylic acids is 3. The second kappa shape index (κ2) is 19.0. The van der Waals surface area contributed by atoms with Gasteiger partial charge in [0.15, 0.2) is 11.4 Å². The first-order valence-electron chi connectivity index (χ1n) is 23.1. The van der Waals surface area contributed by atoms with Gasteiger partial charge in [0.2, 0.25) is 15.9 Å². The van der Waals surface area contributed by atoms with Crippen molar-refractivity contribution in [3.8, 4) is 0 Å². The number of aromatic amines is 2. The lowest BCUT2D eigenvalue weighted by molar-refractivity contribution is -0.139. The molecule has 0 saturated carbocycles. The number of amides is 3. The van der Waals surface area contributed by atoms with Crippen LogP contribution in [0.1, 0.15) is 143 Å². The summed E-state index contributed by atoms with van der Waals surface area (Å²) in [5.74, 6) is -2.86. The molecule has 3 unspecified atom stereocenters. The average Bonchev–Trinajstić information content (AvgIpc) is 3.73. The van der Waals surface area contributed by atoms with Crippen LogP contribution in [0, 0.1) is 5.92 Å². The van der Waals surface area contributed by atoms with Crippen molar-refractivity contribution in [1.29, 1.82) is 0 Å². The highest BCUT2D eigenvalue weighted by Gasteiger charge is 2.43. The minimum Gasteiger partial charge on any atom is -0.338 e. The summed E-state index contributed by atoms with van der Waals surface area (Å²) in [6.45, 7) is 6.01. The predicted molar refractivity (Wildman–Crippen MR) is 235 cm³/mol. The lowest BCUT2D eigenvalue weighted by Gasteiger charge is -2.41. The molecule has 20 heteroatoms. The zero-order chi connectivity index (χ0) is 48.0. The minimum atomic E-state index is -4.62. The highest BCUT2D eigenvalue weighted by Crippen LogP contribution is 2.43. The van der Waals surface area contributed by atoms with E-state index >= 15 is 0 Å². The zero-order valence-electron chi connectivity index (χ0n) is 37.7. The van der Waals surface area contributed by atoms with Crippen molar-refractivity contribution < 1.29 is 49.1 Å². The number of halogens is 6. The number of nitrogens with zero attached hydrogens (tertiary/aromatic N) is 6. The molecular weight excluding hydrogens is 903 g/mol. The van der Waals surface area contributed by atoms with Gasteiger partial charge in [0.1, 0.15) is 0 Å². The largest absolute Gasteiger partial charge is 0.416 e. The molecule has 2 fully saturated rings. The van der Waals surface area contributed by atoms with Gasteiger partial charge >= 0.3 is 12.4 Å². The number of aromatic nitrogens is 4. The Labute approximate surface area is 385 Å². The lowest BCUT2D eigenvalue weighted by Crippen LogP contribution is -2.48. The number of likely N-dealkylation sites (tertiary alicyclic amines) is 2. The first-order valence-corrected chi connectivity index (χ1v) is 24.6. The molecule has 13 nitrogen and oxygen atoms in total. The smallest absolute Gasteiger partial charge is 0.338 e. The highest BCUT2D eigenvalue weighted by atomic mass is 32.2. The van der Waals surface area contributed by atoms with E-state index in [1.807, 2.05) is 0 Å². The fourth-order valence-electron chi connectivity index (χ4n) is 10.6. The van der Waals surface area contributed by atoms with Crippen LogP contribution in [0.5, 0.6) is 0 Å². The van der Waals surface area contributed by atoms with Gasteiger partial charge in [-0.1, -0.05) is 43.3 Å². The van der Waals surface area contributed by atoms with Gasteiger partial charge in [-0.2, -0.15) is 40.8 Å². The maximum absolute atomic E-state index is 14.7. The SMILES string of the molecule is CC(CC1CC(c2ccccc2C(F)(F)F)CCN1C(=O)c1n[nH]c2c1CN(S(=O)(=O)C(C)C)CCC2)C(=O)N1CCCc2[nH]nc(C(=O)N3CCC(c4ccccc4C(F)(F)F)CC3)c2C1. The molecule has 67 heavy (non-hydrogen) atoms. The number of sulfonamides is 1. The van der Waals surface area contributed by atoms with Crippen LogP contribution in [-0.2, 0) is 53.1 Å². The van der Waals surface area contributed by atoms with Gasteiger partial charge in [-0.15, -0.1) is 0 Å². The number of hydrogen-bond donors (Lipinski definition) is 2. The average molecular weight is 959 g/mol. The van der Waals surface area contributed by atoms with E-state index in [1.54, 1.807) is 47.6 Å². The molecule has 8 rings (SSSR count). The van der Waals surface area contributed by atoms with Crippen molar-refractivity contribution in [2.24, 2.45) is 5.92 Å². The molecule has 4 aliphatic heterocycles. The van der Waals surface area contributed by atoms with Gasteiger partial charge in [0, 0.05) is 80.3 Å². The summed E-state index contributed by atoms with van der Waals surface area (Å²) in [6.07, 6.45) is -6.00. The van der Waals surface area contributed by atoms with E-state index in [0.29, 0.717) is 67.6 Å². The van der Waals surface area contributed by atoms with Gasteiger partial charge in [-0.3, -0.25) is 24.6 Å². The molecule has 0 bridgehead atoms. The number of piperidine rings is 2. The molecule has 6 heterocycles. The third-order valence-electron chi connectivity index (χ3n) is 14.2. The van der Waals surface area contributed by atoms with Crippen molar-refractivity contribution in [2.45, 2.75) is 127 Å². The molecule has 362 valence electrons. The minimum absolute atomic E-state index is 0.0477. The van der Waals surface area contributed by atoms with Gasteiger partial charge in [-0.05, 0) is 107 Å².